The summed E-state index contributed by atoms with van der Waals surface area (Å²) in [6.45, 7) is 0. The minimum absolute atomic E-state index is 0.0565. The van der Waals surface area contributed by atoms with E-state index in [-0.39, 0.29) is 22.7 Å². The van der Waals surface area contributed by atoms with E-state index in [0.29, 0.717) is 40.1 Å². The maximum Gasteiger partial charge on any atom is 0.252 e. The number of hydrogen-bond acceptors (Lipinski definition) is 8. The molecule has 0 aliphatic carbocycles. The van der Waals surface area contributed by atoms with Crippen LogP contribution < -0.4 is 10.1 Å². The fraction of sp³-hybridized carbons (Fsp3) is 0.143. The van der Waals surface area contributed by atoms with Crippen LogP contribution in [-0.4, -0.2) is 41.8 Å². The van der Waals surface area contributed by atoms with E-state index < -0.39 is 21.6 Å². The Labute approximate surface area is 224 Å². The fourth-order valence-electron chi connectivity index (χ4n) is 4.69. The Hall–Kier alpha value is -4.77. The van der Waals surface area contributed by atoms with Crippen LogP contribution in [0, 0.1) is 0 Å². The molecule has 0 fully saturated rings. The predicted molar refractivity (Wildman–Crippen MR) is 142 cm³/mol. The van der Waals surface area contributed by atoms with Gasteiger partial charge in [-0.25, -0.2) is 8.42 Å². The summed E-state index contributed by atoms with van der Waals surface area (Å²) in [5.41, 5.74) is 3.59. The summed E-state index contributed by atoms with van der Waals surface area (Å²) in [7, 11) is -2.50. The Balaban J connectivity index is 1.40. The monoisotopic (exact) mass is 541 g/mol. The van der Waals surface area contributed by atoms with Crippen LogP contribution in [-0.2, 0) is 22.0 Å². The minimum Gasteiger partial charge on any atom is -0.497 e. The van der Waals surface area contributed by atoms with Crippen molar-refractivity contribution >= 4 is 15.7 Å². The van der Waals surface area contributed by atoms with Crippen molar-refractivity contribution in [2.24, 2.45) is 0 Å². The quantitative estimate of drug-likeness (QED) is 0.313. The molecule has 0 saturated heterocycles. The number of sulfone groups is 1. The molecule has 39 heavy (non-hydrogen) atoms. The van der Waals surface area contributed by atoms with Gasteiger partial charge < -0.3 is 14.5 Å². The third-order valence-corrected chi connectivity index (χ3v) is 8.09. The lowest BCUT2D eigenvalue weighted by Gasteiger charge is -2.25. The molecule has 6 rings (SSSR count). The highest BCUT2D eigenvalue weighted by molar-refractivity contribution is 7.90. The van der Waals surface area contributed by atoms with Crippen LogP contribution in [0.1, 0.15) is 33.5 Å². The van der Waals surface area contributed by atoms with Gasteiger partial charge in [-0.1, -0.05) is 48.5 Å². The van der Waals surface area contributed by atoms with E-state index in [4.69, 9.17) is 9.15 Å². The second-order valence-corrected chi connectivity index (χ2v) is 11.0. The van der Waals surface area contributed by atoms with Crippen molar-refractivity contribution in [2.75, 3.05) is 7.11 Å². The molecule has 0 saturated carbocycles. The van der Waals surface area contributed by atoms with E-state index in [1.54, 1.807) is 49.6 Å². The van der Waals surface area contributed by atoms with Gasteiger partial charge in [-0.05, 0) is 47.9 Å². The highest BCUT2D eigenvalue weighted by Crippen LogP contribution is 2.37. The summed E-state index contributed by atoms with van der Waals surface area (Å²) in [6.07, 6.45) is 0.469. The van der Waals surface area contributed by atoms with Crippen molar-refractivity contribution in [3.8, 4) is 28.3 Å². The highest BCUT2D eigenvalue weighted by Gasteiger charge is 2.34. The second-order valence-electron chi connectivity index (χ2n) is 9.06. The molecule has 196 valence electrons. The SMILES string of the molecule is COc1ccc(-c2c(S(=O)(=O)Cc3nnc(-c4ccccc4)o3)n[nH]c2C2Cc3ccccc3C(=O)N2)cc1. The topological polar surface area (TPSA) is 140 Å². The van der Waals surface area contributed by atoms with Crippen molar-refractivity contribution in [2.45, 2.75) is 23.2 Å². The van der Waals surface area contributed by atoms with Crippen LogP contribution >= 0.6 is 0 Å². The van der Waals surface area contributed by atoms with Crippen molar-refractivity contribution in [1.29, 1.82) is 0 Å². The smallest absolute Gasteiger partial charge is 0.252 e. The van der Waals surface area contributed by atoms with Crippen LogP contribution in [0.2, 0.25) is 0 Å². The number of amides is 1. The first-order valence-electron chi connectivity index (χ1n) is 12.1. The molecule has 0 radical (unpaired) electrons. The van der Waals surface area contributed by atoms with E-state index in [2.05, 4.69) is 25.7 Å². The molecule has 3 aromatic carbocycles. The molecular formula is C28H23N5O5S. The number of ether oxygens (including phenoxy) is 1. The molecule has 1 amide bonds. The van der Waals surface area contributed by atoms with Crippen molar-refractivity contribution in [1.82, 2.24) is 25.7 Å². The van der Waals surface area contributed by atoms with E-state index in [0.717, 1.165) is 5.56 Å². The van der Waals surface area contributed by atoms with Gasteiger partial charge in [-0.15, -0.1) is 10.2 Å². The molecule has 2 N–H and O–H groups in total. The van der Waals surface area contributed by atoms with Crippen molar-refractivity contribution in [3.05, 3.63) is 102 Å². The van der Waals surface area contributed by atoms with Gasteiger partial charge in [0.05, 0.1) is 18.8 Å². The number of nitrogens with one attached hydrogen (secondary N) is 2. The van der Waals surface area contributed by atoms with Crippen molar-refractivity contribution < 1.29 is 22.4 Å². The van der Waals surface area contributed by atoms with E-state index in [9.17, 15) is 13.2 Å². The third-order valence-electron chi connectivity index (χ3n) is 6.58. The number of carbonyl (C=O) groups is 1. The van der Waals surface area contributed by atoms with Crippen LogP contribution in [0.25, 0.3) is 22.6 Å². The number of methoxy groups -OCH3 is 1. The van der Waals surface area contributed by atoms with Gasteiger partial charge in [-0.2, -0.15) is 5.10 Å². The van der Waals surface area contributed by atoms with Crippen LogP contribution in [0.5, 0.6) is 5.75 Å². The molecule has 10 nitrogen and oxygen atoms in total. The molecule has 0 spiro atoms. The van der Waals surface area contributed by atoms with Gasteiger partial charge in [0.15, 0.2) is 5.03 Å². The Morgan fingerprint density at radius 3 is 2.46 bits per heavy atom. The predicted octanol–water partition coefficient (Wildman–Crippen LogP) is 4.14. The Bertz CT molecular complexity index is 1760. The largest absolute Gasteiger partial charge is 0.497 e. The fourth-order valence-corrected chi connectivity index (χ4v) is 6.00. The molecule has 2 aromatic heterocycles. The van der Waals surface area contributed by atoms with Gasteiger partial charge in [-0.3, -0.25) is 9.89 Å². The summed E-state index contributed by atoms with van der Waals surface area (Å²) in [5, 5.41) is 17.9. The number of benzene rings is 3. The van der Waals surface area contributed by atoms with E-state index in [1.807, 2.05) is 36.4 Å². The van der Waals surface area contributed by atoms with Gasteiger partial charge >= 0.3 is 0 Å². The van der Waals surface area contributed by atoms with Gasteiger partial charge in [0, 0.05) is 16.7 Å². The van der Waals surface area contributed by atoms with Gasteiger partial charge in [0.1, 0.15) is 11.5 Å². The first kappa shape index (κ1) is 24.6. The molecule has 5 aromatic rings. The maximum absolute atomic E-state index is 13.7. The summed E-state index contributed by atoms with van der Waals surface area (Å²) < 4.78 is 38.3. The molecule has 3 heterocycles. The number of carbonyl (C=O) groups excluding carboxylic acids is 1. The molecule has 1 atom stereocenters. The lowest BCUT2D eigenvalue weighted by atomic mass is 9.91. The van der Waals surface area contributed by atoms with Crippen LogP contribution in [0.4, 0.5) is 0 Å². The van der Waals surface area contributed by atoms with Gasteiger partial charge in [0.25, 0.3) is 5.91 Å². The van der Waals surface area contributed by atoms with E-state index in [1.165, 1.54) is 0 Å². The molecule has 0 bridgehead atoms. The highest BCUT2D eigenvalue weighted by atomic mass is 32.2. The minimum atomic E-state index is -4.05. The Morgan fingerprint density at radius 2 is 1.69 bits per heavy atom. The van der Waals surface area contributed by atoms with E-state index >= 15 is 0 Å². The second kappa shape index (κ2) is 9.84. The molecular weight excluding hydrogens is 518 g/mol. The summed E-state index contributed by atoms with van der Waals surface area (Å²) >= 11 is 0. The van der Waals surface area contributed by atoms with Crippen LogP contribution in [0.15, 0.2) is 88.3 Å². The average molecular weight is 542 g/mol. The maximum atomic E-state index is 13.7. The first-order valence-corrected chi connectivity index (χ1v) is 13.8. The van der Waals surface area contributed by atoms with Gasteiger partial charge in [0.2, 0.25) is 21.6 Å². The number of rotatable bonds is 7. The zero-order valence-electron chi connectivity index (χ0n) is 20.8. The summed E-state index contributed by atoms with van der Waals surface area (Å²) in [5.74, 6) is 0.00912. The molecule has 1 aliphatic rings. The molecule has 1 aliphatic heterocycles. The number of aromatic nitrogens is 4. The summed E-state index contributed by atoms with van der Waals surface area (Å²) in [6, 6.07) is 22.9. The lowest BCUT2D eigenvalue weighted by molar-refractivity contribution is 0.0924. The third kappa shape index (κ3) is 4.68. The van der Waals surface area contributed by atoms with Crippen molar-refractivity contribution in [3.63, 3.8) is 0 Å². The van der Waals surface area contributed by atoms with Crippen LogP contribution in [0.3, 0.4) is 0 Å². The molecule has 1 unspecified atom stereocenters. The summed E-state index contributed by atoms with van der Waals surface area (Å²) in [4.78, 5) is 12.9. The molecule has 11 heteroatoms. The Kier molecular flexibility index (Phi) is 6.20. The average Bonchev–Trinajstić information content (AvgIpc) is 3.61. The number of fused-ring (bicyclic) bond motifs is 1. The first-order chi connectivity index (χ1) is 18.9. The number of hydrogen-bond donors (Lipinski definition) is 2. The Morgan fingerprint density at radius 1 is 0.949 bits per heavy atom. The number of aromatic amines is 1. The number of nitrogens with zero attached hydrogens (tertiary/aromatic N) is 3. The zero-order chi connectivity index (χ0) is 27.0. The standard InChI is InChI=1S/C28H23N5O5S/c1-37-20-13-11-17(12-14-20)24-25(22-15-19-9-5-6-10-21(19)26(34)29-22)31-33-28(24)39(35,36)16-23-30-32-27(38-23)18-7-3-2-4-8-18/h2-14,22H,15-16H2,1H3,(H,29,34)(H,31,33). The number of H-pyrrole nitrogens is 1. The lowest BCUT2D eigenvalue weighted by Crippen LogP contribution is -2.35. The zero-order valence-corrected chi connectivity index (χ0v) is 21.6. The normalized spacial score (nSPS) is 15.0.